The monoisotopic (exact) mass is 528 g/mol. The van der Waals surface area contributed by atoms with Gasteiger partial charge in [-0.3, -0.25) is 19.3 Å². The summed E-state index contributed by atoms with van der Waals surface area (Å²) in [4.78, 5) is 39.3. The van der Waals surface area contributed by atoms with Crippen LogP contribution in [0.4, 0.5) is 10.5 Å². The summed E-state index contributed by atoms with van der Waals surface area (Å²) in [6.07, 6.45) is 1.63. The molecule has 1 fully saturated rings. The van der Waals surface area contributed by atoms with Crippen LogP contribution in [0.1, 0.15) is 11.1 Å². The van der Waals surface area contributed by atoms with E-state index >= 15 is 0 Å². The minimum absolute atomic E-state index is 0.200. The molecule has 0 aromatic heterocycles. The molecule has 0 radical (unpaired) electrons. The number of ether oxygens (including phenoxy) is 1. The first-order chi connectivity index (χ1) is 18.0. The molecule has 0 atom stereocenters. The average molecular weight is 529 g/mol. The van der Waals surface area contributed by atoms with Crippen LogP contribution in [-0.2, 0) is 16.1 Å². The molecule has 6 nitrogen and oxygen atoms in total. The van der Waals surface area contributed by atoms with Crippen LogP contribution in [0.3, 0.4) is 0 Å². The largest absolute Gasteiger partial charge is 0.482 e. The van der Waals surface area contributed by atoms with Crippen molar-refractivity contribution < 1.29 is 19.1 Å². The molecular formula is C29H21ClN2O4S. The highest BCUT2D eigenvalue weighted by Crippen LogP contribution is 2.35. The van der Waals surface area contributed by atoms with E-state index in [-0.39, 0.29) is 35.2 Å². The number of fused-ring (bicyclic) bond motifs is 1. The molecule has 1 aliphatic rings. The fourth-order valence-corrected chi connectivity index (χ4v) is 4.97. The van der Waals surface area contributed by atoms with Gasteiger partial charge in [0, 0.05) is 5.69 Å². The fourth-order valence-electron chi connectivity index (χ4n) is 3.89. The molecule has 37 heavy (non-hydrogen) atoms. The Hall–Kier alpha value is -4.07. The number of anilines is 1. The van der Waals surface area contributed by atoms with Gasteiger partial charge in [0.05, 0.1) is 16.5 Å². The highest BCUT2D eigenvalue weighted by molar-refractivity contribution is 8.18. The molecule has 4 aromatic rings. The lowest BCUT2D eigenvalue weighted by Gasteiger charge is -2.13. The standard InChI is InChI=1S/C29H21ClN2O4S/c30-24-15-19(11-13-25(24)36-18-27(33)31-23-8-2-1-3-9-23)16-26-28(34)32(29(35)37-26)17-20-10-12-21-6-4-5-7-22(21)14-20/h1-16H,17-18H2,(H,31,33)/b26-16-. The molecule has 1 N–H and O–H groups in total. The molecule has 5 rings (SSSR count). The summed E-state index contributed by atoms with van der Waals surface area (Å²) in [7, 11) is 0. The van der Waals surface area contributed by atoms with Crippen molar-refractivity contribution in [1.82, 2.24) is 4.90 Å². The zero-order chi connectivity index (χ0) is 25.8. The van der Waals surface area contributed by atoms with Crippen molar-refractivity contribution in [3.8, 4) is 5.75 Å². The third-order valence-electron chi connectivity index (χ3n) is 5.70. The van der Waals surface area contributed by atoms with Gasteiger partial charge in [-0.25, -0.2) is 0 Å². The van der Waals surface area contributed by atoms with Crippen molar-refractivity contribution in [1.29, 1.82) is 0 Å². The Balaban J connectivity index is 1.23. The first-order valence-corrected chi connectivity index (χ1v) is 12.7. The second kappa shape index (κ2) is 10.9. The summed E-state index contributed by atoms with van der Waals surface area (Å²) in [5.74, 6) is -0.324. The Labute approximate surface area is 222 Å². The van der Waals surface area contributed by atoms with E-state index in [1.165, 1.54) is 4.90 Å². The smallest absolute Gasteiger partial charge is 0.293 e. The Morgan fingerprint density at radius 1 is 0.919 bits per heavy atom. The van der Waals surface area contributed by atoms with Crippen LogP contribution >= 0.6 is 23.4 Å². The van der Waals surface area contributed by atoms with Crippen molar-refractivity contribution >= 4 is 63.0 Å². The van der Waals surface area contributed by atoms with Gasteiger partial charge in [-0.05, 0) is 70.1 Å². The number of nitrogens with one attached hydrogen (secondary N) is 1. The second-order valence-electron chi connectivity index (χ2n) is 8.34. The van der Waals surface area contributed by atoms with E-state index in [1.807, 2.05) is 60.7 Å². The Morgan fingerprint density at radius 3 is 2.46 bits per heavy atom. The van der Waals surface area contributed by atoms with Crippen LogP contribution in [-0.4, -0.2) is 28.6 Å². The summed E-state index contributed by atoms with van der Waals surface area (Å²) in [5.41, 5.74) is 2.19. The highest BCUT2D eigenvalue weighted by Gasteiger charge is 2.35. The second-order valence-corrected chi connectivity index (χ2v) is 9.74. The molecule has 0 bridgehead atoms. The SMILES string of the molecule is O=C(COc1ccc(/C=C2\SC(=O)N(Cc3ccc4ccccc4c3)C2=O)cc1Cl)Nc1ccccc1. The van der Waals surface area contributed by atoms with Crippen molar-refractivity contribution in [2.75, 3.05) is 11.9 Å². The van der Waals surface area contributed by atoms with Crippen molar-refractivity contribution in [2.45, 2.75) is 6.54 Å². The molecule has 0 saturated carbocycles. The highest BCUT2D eigenvalue weighted by atomic mass is 35.5. The number of rotatable bonds is 7. The van der Waals surface area contributed by atoms with Crippen molar-refractivity contribution in [3.05, 3.63) is 112 Å². The predicted molar refractivity (Wildman–Crippen MR) is 147 cm³/mol. The van der Waals surface area contributed by atoms with Gasteiger partial charge < -0.3 is 10.1 Å². The van der Waals surface area contributed by atoms with Gasteiger partial charge in [-0.1, -0.05) is 72.3 Å². The molecule has 0 spiro atoms. The number of nitrogens with zero attached hydrogens (tertiary/aromatic N) is 1. The maximum absolute atomic E-state index is 13.0. The number of benzene rings is 4. The quantitative estimate of drug-likeness (QED) is 0.269. The molecule has 1 aliphatic heterocycles. The summed E-state index contributed by atoms with van der Waals surface area (Å²) >= 11 is 7.25. The lowest BCUT2D eigenvalue weighted by Crippen LogP contribution is -2.27. The van der Waals surface area contributed by atoms with Crippen LogP contribution < -0.4 is 10.1 Å². The van der Waals surface area contributed by atoms with E-state index in [4.69, 9.17) is 16.3 Å². The van der Waals surface area contributed by atoms with E-state index in [1.54, 1.807) is 36.4 Å². The summed E-state index contributed by atoms with van der Waals surface area (Å²) < 4.78 is 5.55. The number of thioether (sulfide) groups is 1. The van der Waals surface area contributed by atoms with Crippen molar-refractivity contribution in [2.24, 2.45) is 0 Å². The molecule has 1 heterocycles. The van der Waals surface area contributed by atoms with Gasteiger partial charge in [-0.2, -0.15) is 0 Å². The average Bonchev–Trinajstić information content (AvgIpc) is 3.16. The lowest BCUT2D eigenvalue weighted by atomic mass is 10.1. The number of para-hydroxylation sites is 1. The topological polar surface area (TPSA) is 75.7 Å². The van der Waals surface area contributed by atoms with Gasteiger partial charge in [0.25, 0.3) is 17.1 Å². The number of halogens is 1. The number of carbonyl (C=O) groups is 3. The lowest BCUT2D eigenvalue weighted by molar-refractivity contribution is -0.123. The number of amides is 3. The molecule has 0 aliphatic carbocycles. The van der Waals surface area contributed by atoms with E-state index < -0.39 is 0 Å². The third kappa shape index (κ3) is 5.85. The Morgan fingerprint density at radius 2 is 1.68 bits per heavy atom. The maximum Gasteiger partial charge on any atom is 0.293 e. The van der Waals surface area contributed by atoms with Crippen molar-refractivity contribution in [3.63, 3.8) is 0 Å². The van der Waals surface area contributed by atoms with E-state index in [2.05, 4.69) is 5.32 Å². The van der Waals surface area contributed by atoms with Gasteiger partial charge >= 0.3 is 0 Å². The third-order valence-corrected chi connectivity index (χ3v) is 6.90. The molecule has 1 saturated heterocycles. The normalized spacial score (nSPS) is 14.4. The van der Waals surface area contributed by atoms with Gasteiger partial charge in [-0.15, -0.1) is 0 Å². The number of carbonyl (C=O) groups excluding carboxylic acids is 3. The maximum atomic E-state index is 13.0. The predicted octanol–water partition coefficient (Wildman–Crippen LogP) is 6.75. The van der Waals surface area contributed by atoms with Crippen LogP contribution in [0.5, 0.6) is 5.75 Å². The van der Waals surface area contributed by atoms with Crippen LogP contribution in [0, 0.1) is 0 Å². The molecule has 0 unspecified atom stereocenters. The van der Waals surface area contributed by atoms with Gasteiger partial charge in [0.15, 0.2) is 6.61 Å². The first kappa shape index (κ1) is 24.6. The zero-order valence-electron chi connectivity index (χ0n) is 19.5. The summed E-state index contributed by atoms with van der Waals surface area (Å²) in [6.45, 7) is -0.00690. The molecule has 184 valence electrons. The minimum Gasteiger partial charge on any atom is -0.482 e. The number of imide groups is 1. The summed E-state index contributed by atoms with van der Waals surface area (Å²) in [6, 6.07) is 27.9. The van der Waals surface area contributed by atoms with Crippen LogP contribution in [0.25, 0.3) is 16.8 Å². The van der Waals surface area contributed by atoms with Gasteiger partial charge in [0.1, 0.15) is 5.75 Å². The Kier molecular flexibility index (Phi) is 7.25. The summed E-state index contributed by atoms with van der Waals surface area (Å²) in [5, 5.41) is 4.86. The molecule has 8 heteroatoms. The molecule has 3 amide bonds. The Bertz CT molecular complexity index is 1540. The van der Waals surface area contributed by atoms with Crippen LogP contribution in [0.15, 0.2) is 95.9 Å². The van der Waals surface area contributed by atoms with E-state index in [9.17, 15) is 14.4 Å². The van der Waals surface area contributed by atoms with Gasteiger partial charge in [0.2, 0.25) is 0 Å². The zero-order valence-corrected chi connectivity index (χ0v) is 21.1. The van der Waals surface area contributed by atoms with E-state index in [0.717, 1.165) is 28.1 Å². The molecule has 4 aromatic carbocycles. The first-order valence-electron chi connectivity index (χ1n) is 11.5. The number of hydrogen-bond donors (Lipinski definition) is 1. The van der Waals surface area contributed by atoms with E-state index in [0.29, 0.717) is 21.9 Å². The minimum atomic E-state index is -0.350. The van der Waals surface area contributed by atoms with Crippen LogP contribution in [0.2, 0.25) is 5.02 Å². The molecular weight excluding hydrogens is 508 g/mol. The number of hydrogen-bond acceptors (Lipinski definition) is 5. The fraction of sp³-hybridized carbons (Fsp3) is 0.0690.